The smallest absolute Gasteiger partial charge is 0.410 e. The standard InChI is InChI=1S/C19H21F3N4O3/c1-28-15-5-3-2-4-12(15)14-10-16(19(20,21)22)26-17(24-14)13(11-23-26)18(27)25-6-8-29-9-7-25/h2-5,11,14,16,24H,6-10H2,1H3/t14-,16+/m1/s1. The molecule has 0 radical (unpaired) electrons. The van der Waals surface area contributed by atoms with Gasteiger partial charge in [0.05, 0.1) is 32.6 Å². The molecule has 1 aromatic carbocycles. The molecule has 3 heterocycles. The number of hydrogen-bond acceptors (Lipinski definition) is 5. The predicted molar refractivity (Wildman–Crippen MR) is 98.0 cm³/mol. The molecule has 0 bridgehead atoms. The number of alkyl halides is 3. The van der Waals surface area contributed by atoms with Crippen LogP contribution in [0.5, 0.6) is 5.75 Å². The molecule has 156 valence electrons. The van der Waals surface area contributed by atoms with Crippen molar-refractivity contribution in [2.24, 2.45) is 0 Å². The molecule has 1 amide bonds. The maximum absolute atomic E-state index is 13.8. The highest BCUT2D eigenvalue weighted by molar-refractivity contribution is 5.99. The molecule has 4 rings (SSSR count). The predicted octanol–water partition coefficient (Wildman–Crippen LogP) is 3.02. The Labute approximate surface area is 165 Å². The first-order valence-corrected chi connectivity index (χ1v) is 9.31. The molecule has 0 aliphatic carbocycles. The monoisotopic (exact) mass is 410 g/mol. The molecule has 2 aliphatic heterocycles. The van der Waals surface area contributed by atoms with Crippen molar-refractivity contribution in [3.8, 4) is 5.75 Å². The van der Waals surface area contributed by atoms with Crippen molar-refractivity contribution in [1.29, 1.82) is 0 Å². The van der Waals surface area contributed by atoms with Gasteiger partial charge in [0.1, 0.15) is 17.1 Å². The topological polar surface area (TPSA) is 68.6 Å². The Morgan fingerprint density at radius 2 is 2.00 bits per heavy atom. The number of para-hydroxylation sites is 1. The Kier molecular flexibility index (Phi) is 5.12. The molecular formula is C19H21F3N4O3. The van der Waals surface area contributed by atoms with E-state index in [0.717, 1.165) is 4.68 Å². The number of methoxy groups -OCH3 is 1. The molecule has 1 aromatic heterocycles. The van der Waals surface area contributed by atoms with Crippen LogP contribution in [0.2, 0.25) is 0 Å². The minimum absolute atomic E-state index is 0.0750. The molecular weight excluding hydrogens is 389 g/mol. The number of hydrogen-bond donors (Lipinski definition) is 1. The van der Waals surface area contributed by atoms with Gasteiger partial charge in [-0.05, 0) is 6.07 Å². The fourth-order valence-electron chi connectivity index (χ4n) is 3.81. The number of anilines is 1. The molecule has 1 saturated heterocycles. The van der Waals surface area contributed by atoms with Gasteiger partial charge in [0.15, 0.2) is 6.04 Å². The molecule has 0 saturated carbocycles. The number of carbonyl (C=O) groups excluding carboxylic acids is 1. The Morgan fingerprint density at radius 1 is 1.28 bits per heavy atom. The molecule has 2 atom stereocenters. The van der Waals surface area contributed by atoms with Gasteiger partial charge in [0.2, 0.25) is 0 Å². The van der Waals surface area contributed by atoms with E-state index in [-0.39, 0.29) is 23.7 Å². The summed E-state index contributed by atoms with van der Waals surface area (Å²) in [6.07, 6.45) is -3.56. The lowest BCUT2D eigenvalue weighted by atomic mass is 9.95. The van der Waals surface area contributed by atoms with Crippen LogP contribution in [0.4, 0.5) is 19.0 Å². The summed E-state index contributed by atoms with van der Waals surface area (Å²) in [6.45, 7) is 1.58. The second kappa shape index (κ2) is 7.58. The van der Waals surface area contributed by atoms with Crippen molar-refractivity contribution in [3.63, 3.8) is 0 Å². The number of fused-ring (bicyclic) bond motifs is 1. The largest absolute Gasteiger partial charge is 0.496 e. The summed E-state index contributed by atoms with van der Waals surface area (Å²) in [5, 5.41) is 7.02. The maximum atomic E-state index is 13.8. The van der Waals surface area contributed by atoms with Crippen molar-refractivity contribution in [2.75, 3.05) is 38.7 Å². The number of halogens is 3. The lowest BCUT2D eigenvalue weighted by Crippen LogP contribution is -2.41. The Balaban J connectivity index is 1.73. The number of benzene rings is 1. The summed E-state index contributed by atoms with van der Waals surface area (Å²) in [7, 11) is 1.47. The first-order chi connectivity index (χ1) is 13.9. The Hall–Kier alpha value is -2.75. The highest BCUT2D eigenvalue weighted by Gasteiger charge is 2.47. The molecule has 1 fully saturated rings. The molecule has 29 heavy (non-hydrogen) atoms. The molecule has 2 aliphatic rings. The quantitative estimate of drug-likeness (QED) is 0.843. The molecule has 0 unspecified atom stereocenters. The Morgan fingerprint density at radius 3 is 2.69 bits per heavy atom. The van der Waals surface area contributed by atoms with Crippen molar-refractivity contribution in [1.82, 2.24) is 14.7 Å². The third kappa shape index (κ3) is 3.64. The Bertz CT molecular complexity index is 893. The highest BCUT2D eigenvalue weighted by Crippen LogP contribution is 2.45. The minimum atomic E-state index is -4.51. The molecule has 1 N–H and O–H groups in total. The summed E-state index contributed by atoms with van der Waals surface area (Å²) in [5.74, 6) is 0.203. The number of aromatic nitrogens is 2. The van der Waals surface area contributed by atoms with E-state index in [9.17, 15) is 18.0 Å². The van der Waals surface area contributed by atoms with E-state index in [0.29, 0.717) is 37.6 Å². The van der Waals surface area contributed by atoms with Gasteiger partial charge in [-0.2, -0.15) is 18.3 Å². The summed E-state index contributed by atoms with van der Waals surface area (Å²) in [6, 6.07) is 4.39. The second-order valence-corrected chi connectivity index (χ2v) is 6.99. The average Bonchev–Trinajstić information content (AvgIpc) is 3.16. The van der Waals surface area contributed by atoms with Gasteiger partial charge in [-0.25, -0.2) is 4.68 Å². The highest BCUT2D eigenvalue weighted by atomic mass is 19.4. The number of carbonyl (C=O) groups is 1. The van der Waals surface area contributed by atoms with Crippen LogP contribution in [0.25, 0.3) is 0 Å². The number of nitrogens with one attached hydrogen (secondary N) is 1. The van der Waals surface area contributed by atoms with Gasteiger partial charge >= 0.3 is 6.18 Å². The van der Waals surface area contributed by atoms with E-state index in [2.05, 4.69) is 10.4 Å². The number of nitrogens with zero attached hydrogens (tertiary/aromatic N) is 3. The van der Waals surface area contributed by atoms with Crippen LogP contribution in [0.3, 0.4) is 0 Å². The van der Waals surface area contributed by atoms with Crippen molar-refractivity contribution in [2.45, 2.75) is 24.7 Å². The maximum Gasteiger partial charge on any atom is 0.410 e. The van der Waals surface area contributed by atoms with Gasteiger partial charge in [-0.3, -0.25) is 4.79 Å². The summed E-state index contributed by atoms with van der Waals surface area (Å²) in [4.78, 5) is 14.5. The number of morpholine rings is 1. The lowest BCUT2D eigenvalue weighted by molar-refractivity contribution is -0.173. The third-order valence-corrected chi connectivity index (χ3v) is 5.28. The van der Waals surface area contributed by atoms with E-state index in [4.69, 9.17) is 9.47 Å². The van der Waals surface area contributed by atoms with Crippen LogP contribution in [-0.2, 0) is 4.74 Å². The van der Waals surface area contributed by atoms with Gasteiger partial charge in [0, 0.05) is 25.1 Å². The van der Waals surface area contributed by atoms with E-state index in [1.807, 2.05) is 0 Å². The van der Waals surface area contributed by atoms with Crippen molar-refractivity contribution < 1.29 is 27.4 Å². The zero-order chi connectivity index (χ0) is 20.6. The SMILES string of the molecule is COc1ccccc1[C@H]1C[C@@H](C(F)(F)F)n2ncc(C(=O)N3CCOCC3)c2N1. The van der Waals surface area contributed by atoms with Gasteiger partial charge in [-0.15, -0.1) is 0 Å². The van der Waals surface area contributed by atoms with E-state index >= 15 is 0 Å². The zero-order valence-corrected chi connectivity index (χ0v) is 15.8. The number of amides is 1. The number of rotatable bonds is 3. The molecule has 2 aromatic rings. The van der Waals surface area contributed by atoms with E-state index < -0.39 is 18.3 Å². The minimum Gasteiger partial charge on any atom is -0.496 e. The first-order valence-electron chi connectivity index (χ1n) is 9.31. The zero-order valence-electron chi connectivity index (χ0n) is 15.8. The summed E-state index contributed by atoms with van der Waals surface area (Å²) in [5.41, 5.74) is 0.724. The van der Waals surface area contributed by atoms with Crippen LogP contribution >= 0.6 is 0 Å². The molecule has 10 heteroatoms. The number of ether oxygens (including phenoxy) is 2. The second-order valence-electron chi connectivity index (χ2n) is 6.99. The van der Waals surface area contributed by atoms with E-state index in [1.165, 1.54) is 13.3 Å². The first kappa shape index (κ1) is 19.6. The van der Waals surface area contributed by atoms with Crippen LogP contribution in [-0.4, -0.2) is 60.2 Å². The lowest BCUT2D eigenvalue weighted by Gasteiger charge is -2.35. The summed E-state index contributed by atoms with van der Waals surface area (Å²) < 4.78 is 52.9. The van der Waals surface area contributed by atoms with Crippen LogP contribution in [0.1, 0.15) is 34.4 Å². The van der Waals surface area contributed by atoms with E-state index in [1.54, 1.807) is 29.2 Å². The van der Waals surface area contributed by atoms with Crippen LogP contribution < -0.4 is 10.1 Å². The van der Waals surface area contributed by atoms with Crippen LogP contribution in [0.15, 0.2) is 30.5 Å². The van der Waals surface area contributed by atoms with Gasteiger partial charge in [-0.1, -0.05) is 18.2 Å². The van der Waals surface area contributed by atoms with Crippen LogP contribution in [0, 0.1) is 0 Å². The molecule has 7 nitrogen and oxygen atoms in total. The fourth-order valence-corrected chi connectivity index (χ4v) is 3.81. The van der Waals surface area contributed by atoms with Crippen molar-refractivity contribution in [3.05, 3.63) is 41.6 Å². The summed E-state index contributed by atoms with van der Waals surface area (Å²) >= 11 is 0. The van der Waals surface area contributed by atoms with Gasteiger partial charge < -0.3 is 19.7 Å². The normalized spacial score (nSPS) is 22.0. The third-order valence-electron chi connectivity index (χ3n) is 5.28. The van der Waals surface area contributed by atoms with Crippen molar-refractivity contribution >= 4 is 11.7 Å². The average molecular weight is 410 g/mol. The fraction of sp³-hybridized carbons (Fsp3) is 0.474. The van der Waals surface area contributed by atoms with Gasteiger partial charge in [0.25, 0.3) is 5.91 Å². The molecule has 0 spiro atoms.